The summed E-state index contributed by atoms with van der Waals surface area (Å²) in [5.74, 6) is -0.371. The van der Waals surface area contributed by atoms with Crippen LogP contribution in [0.15, 0.2) is 0 Å². The van der Waals surface area contributed by atoms with E-state index in [1.807, 2.05) is 0 Å². The smallest absolute Gasteiger partial charge is 0.308 e. The van der Waals surface area contributed by atoms with Gasteiger partial charge in [-0.15, -0.1) is 12.6 Å². The van der Waals surface area contributed by atoms with Crippen molar-refractivity contribution in [2.45, 2.75) is 122 Å². The Kier molecular flexibility index (Phi) is 16.1. The lowest BCUT2D eigenvalue weighted by Gasteiger charge is -2.16. The van der Waals surface area contributed by atoms with E-state index in [-0.39, 0.29) is 5.97 Å². The number of hydrogen-bond donors (Lipinski definition) is 2. The van der Waals surface area contributed by atoms with Gasteiger partial charge in [0, 0.05) is 13.3 Å². The Morgan fingerprint density at radius 1 is 0.792 bits per heavy atom. The molecule has 0 aliphatic heterocycles. The molecule has 144 valence electrons. The number of rotatable bonds is 17. The number of ether oxygens (including phenoxy) is 1. The largest absolute Gasteiger partial charge is 0.424 e. The lowest BCUT2D eigenvalue weighted by Crippen LogP contribution is -2.24. The molecule has 0 spiro atoms. The van der Waals surface area contributed by atoms with E-state index in [2.05, 4.69) is 19.6 Å². The first-order valence-corrected chi connectivity index (χ1v) is 10.6. The summed E-state index contributed by atoms with van der Waals surface area (Å²) in [7, 11) is 0. The normalized spacial score (nSPS) is 13.7. The van der Waals surface area contributed by atoms with Crippen molar-refractivity contribution in [1.29, 1.82) is 0 Å². The minimum Gasteiger partial charge on any atom is -0.424 e. The van der Waals surface area contributed by atoms with Gasteiger partial charge < -0.3 is 9.84 Å². The van der Waals surface area contributed by atoms with Gasteiger partial charge in [0.15, 0.2) is 0 Å². The number of aliphatic hydroxyl groups is 1. The Labute approximate surface area is 155 Å². The zero-order chi connectivity index (χ0) is 18.1. The maximum Gasteiger partial charge on any atom is 0.308 e. The summed E-state index contributed by atoms with van der Waals surface area (Å²) in [5, 5.41) is 7.59. The van der Waals surface area contributed by atoms with Crippen molar-refractivity contribution in [3.05, 3.63) is 0 Å². The van der Waals surface area contributed by atoms with Gasteiger partial charge in [0.05, 0.1) is 0 Å². The minimum absolute atomic E-state index is 0.370. The third-order valence-electron chi connectivity index (χ3n) is 4.29. The number of thiol groups is 1. The standard InChI is InChI=1S/C20H40O3S/c1-3-4-5-6-7-8-9-10-11-12-13-14-15-16-17-18-19(21)23-20(2,22)24/h22,24H,3-18H2,1-2H3. The Morgan fingerprint density at radius 3 is 1.46 bits per heavy atom. The molecule has 0 radical (unpaired) electrons. The molecule has 0 rings (SSSR count). The highest BCUT2D eigenvalue weighted by Gasteiger charge is 2.18. The van der Waals surface area contributed by atoms with Gasteiger partial charge in [0.25, 0.3) is 5.12 Å². The first-order valence-electron chi connectivity index (χ1n) is 10.1. The monoisotopic (exact) mass is 360 g/mol. The summed E-state index contributed by atoms with van der Waals surface area (Å²) in [6.07, 6.45) is 19.9. The molecular weight excluding hydrogens is 320 g/mol. The highest BCUT2D eigenvalue weighted by Crippen LogP contribution is 2.15. The minimum atomic E-state index is -1.65. The van der Waals surface area contributed by atoms with Crippen LogP contribution in [0.4, 0.5) is 0 Å². The quantitative estimate of drug-likeness (QED) is 0.137. The Balaban J connectivity index is 3.14. The van der Waals surface area contributed by atoms with Gasteiger partial charge in [0.1, 0.15) is 0 Å². The molecule has 1 N–H and O–H groups in total. The van der Waals surface area contributed by atoms with Crippen LogP contribution in [0.25, 0.3) is 0 Å². The predicted molar refractivity (Wildman–Crippen MR) is 105 cm³/mol. The molecule has 0 amide bonds. The van der Waals surface area contributed by atoms with Gasteiger partial charge >= 0.3 is 5.97 Å². The van der Waals surface area contributed by atoms with Crippen LogP contribution in [-0.4, -0.2) is 16.2 Å². The zero-order valence-electron chi connectivity index (χ0n) is 16.0. The topological polar surface area (TPSA) is 46.5 Å². The van der Waals surface area contributed by atoms with Gasteiger partial charge in [-0.1, -0.05) is 96.8 Å². The molecule has 0 saturated carbocycles. The summed E-state index contributed by atoms with van der Waals surface area (Å²) < 4.78 is 4.74. The maximum atomic E-state index is 11.4. The highest BCUT2D eigenvalue weighted by atomic mass is 32.1. The van der Waals surface area contributed by atoms with E-state index in [0.29, 0.717) is 6.42 Å². The van der Waals surface area contributed by atoms with Crippen LogP contribution < -0.4 is 0 Å². The van der Waals surface area contributed by atoms with E-state index in [1.165, 1.54) is 90.4 Å². The molecule has 4 heteroatoms. The van der Waals surface area contributed by atoms with E-state index < -0.39 is 5.12 Å². The lowest BCUT2D eigenvalue weighted by atomic mass is 10.0. The highest BCUT2D eigenvalue weighted by molar-refractivity contribution is 7.81. The van der Waals surface area contributed by atoms with E-state index in [4.69, 9.17) is 4.74 Å². The molecular formula is C20H40O3S. The summed E-state index contributed by atoms with van der Waals surface area (Å²) in [4.78, 5) is 11.4. The van der Waals surface area contributed by atoms with Crippen molar-refractivity contribution in [3.8, 4) is 0 Å². The number of carbonyl (C=O) groups excluding carboxylic acids is 1. The average Bonchev–Trinajstić information content (AvgIpc) is 2.49. The Morgan fingerprint density at radius 2 is 1.12 bits per heavy atom. The number of carbonyl (C=O) groups is 1. The molecule has 0 heterocycles. The van der Waals surface area contributed by atoms with Crippen LogP contribution in [0.2, 0.25) is 0 Å². The van der Waals surface area contributed by atoms with Crippen molar-refractivity contribution in [3.63, 3.8) is 0 Å². The van der Waals surface area contributed by atoms with E-state index in [0.717, 1.165) is 12.8 Å². The van der Waals surface area contributed by atoms with Crippen LogP contribution in [0.3, 0.4) is 0 Å². The number of hydrogen-bond acceptors (Lipinski definition) is 4. The fraction of sp³-hybridized carbons (Fsp3) is 0.950. The van der Waals surface area contributed by atoms with Crippen LogP contribution in [0.1, 0.15) is 117 Å². The van der Waals surface area contributed by atoms with Crippen molar-refractivity contribution >= 4 is 18.6 Å². The molecule has 0 aromatic rings. The van der Waals surface area contributed by atoms with Crippen LogP contribution >= 0.6 is 12.6 Å². The summed E-state index contributed by atoms with van der Waals surface area (Å²) >= 11 is 3.76. The van der Waals surface area contributed by atoms with E-state index >= 15 is 0 Å². The first-order chi connectivity index (χ1) is 11.5. The van der Waals surface area contributed by atoms with Gasteiger partial charge in [0.2, 0.25) is 0 Å². The third-order valence-corrected chi connectivity index (χ3v) is 4.38. The second-order valence-corrected chi connectivity index (χ2v) is 7.94. The van der Waals surface area contributed by atoms with Crippen LogP contribution in [0.5, 0.6) is 0 Å². The molecule has 3 nitrogen and oxygen atoms in total. The molecule has 0 fully saturated rings. The lowest BCUT2D eigenvalue weighted by molar-refractivity contribution is -0.172. The van der Waals surface area contributed by atoms with Crippen LogP contribution in [0, 0.1) is 0 Å². The van der Waals surface area contributed by atoms with Crippen molar-refractivity contribution in [2.24, 2.45) is 0 Å². The van der Waals surface area contributed by atoms with Gasteiger partial charge in [-0.2, -0.15) is 0 Å². The number of unbranched alkanes of at least 4 members (excludes halogenated alkanes) is 14. The van der Waals surface area contributed by atoms with E-state index in [9.17, 15) is 9.90 Å². The Hall–Kier alpha value is -0.220. The van der Waals surface area contributed by atoms with Crippen molar-refractivity contribution in [1.82, 2.24) is 0 Å². The SMILES string of the molecule is CCCCCCCCCCCCCCCCCC(=O)OC(C)(O)S. The van der Waals surface area contributed by atoms with E-state index in [1.54, 1.807) is 0 Å². The molecule has 24 heavy (non-hydrogen) atoms. The van der Waals surface area contributed by atoms with Gasteiger partial charge in [-0.3, -0.25) is 4.79 Å². The Bertz CT molecular complexity index is 287. The predicted octanol–water partition coefficient (Wildman–Crippen LogP) is 6.39. The molecule has 0 aromatic carbocycles. The second kappa shape index (κ2) is 16.3. The molecule has 0 aliphatic rings. The molecule has 0 bridgehead atoms. The summed E-state index contributed by atoms with van der Waals surface area (Å²) in [6, 6.07) is 0. The average molecular weight is 361 g/mol. The molecule has 0 aliphatic carbocycles. The first kappa shape index (κ1) is 23.8. The molecule has 0 aromatic heterocycles. The van der Waals surface area contributed by atoms with Crippen molar-refractivity contribution in [2.75, 3.05) is 0 Å². The van der Waals surface area contributed by atoms with Gasteiger partial charge in [-0.05, 0) is 6.42 Å². The number of esters is 1. The molecule has 1 unspecified atom stereocenters. The summed E-state index contributed by atoms with van der Waals surface area (Å²) in [5.41, 5.74) is 0. The zero-order valence-corrected chi connectivity index (χ0v) is 16.9. The summed E-state index contributed by atoms with van der Waals surface area (Å²) in [6.45, 7) is 3.61. The fourth-order valence-corrected chi connectivity index (χ4v) is 3.01. The fourth-order valence-electron chi connectivity index (χ4n) is 2.91. The van der Waals surface area contributed by atoms with Crippen LogP contribution in [-0.2, 0) is 9.53 Å². The molecule has 0 saturated heterocycles. The second-order valence-electron chi connectivity index (χ2n) is 7.11. The maximum absolute atomic E-state index is 11.4. The van der Waals surface area contributed by atoms with Gasteiger partial charge in [-0.25, -0.2) is 0 Å². The third kappa shape index (κ3) is 19.8. The molecule has 1 atom stereocenters. The van der Waals surface area contributed by atoms with Crippen molar-refractivity contribution < 1.29 is 14.6 Å².